The largest absolute Gasteiger partial charge is 0.345 e. The molecule has 0 radical (unpaired) electrons. The van der Waals surface area contributed by atoms with E-state index < -0.39 is 5.56 Å². The first-order chi connectivity index (χ1) is 10.4. The number of nitrogens with zero attached hydrogens (tertiary/aromatic N) is 3. The standard InChI is InChI=1S/C15H15Cl2N3O2/c1-8-5-11(9(2)20(8)10-3-4-10)13(21)7-19-15(22)14(17)12(16)6-18-19/h5-6,10H,3-4,7H2,1-2H3. The first-order valence-corrected chi connectivity index (χ1v) is 7.78. The Morgan fingerprint density at radius 2 is 2.05 bits per heavy atom. The molecule has 5 nitrogen and oxygen atoms in total. The van der Waals surface area contributed by atoms with Crippen LogP contribution in [0.3, 0.4) is 0 Å². The Bertz CT molecular complexity index is 819. The first kappa shape index (κ1) is 15.3. The highest BCUT2D eigenvalue weighted by Crippen LogP contribution is 2.38. The quantitative estimate of drug-likeness (QED) is 0.803. The molecule has 0 amide bonds. The number of Topliss-reactive ketones (excluding diaryl/α,β-unsaturated/α-hetero) is 1. The second kappa shape index (κ2) is 5.56. The third-order valence-corrected chi connectivity index (χ3v) is 4.68. The average molecular weight is 340 g/mol. The van der Waals surface area contributed by atoms with Crippen LogP contribution in [-0.4, -0.2) is 20.1 Å². The Morgan fingerprint density at radius 1 is 1.36 bits per heavy atom. The Hall–Kier alpha value is -1.59. The number of halogens is 2. The van der Waals surface area contributed by atoms with E-state index in [1.54, 1.807) is 0 Å². The van der Waals surface area contributed by atoms with Crippen LogP contribution in [0.25, 0.3) is 0 Å². The molecule has 0 atom stereocenters. The van der Waals surface area contributed by atoms with Crippen molar-refractivity contribution in [2.24, 2.45) is 0 Å². The van der Waals surface area contributed by atoms with E-state index in [-0.39, 0.29) is 22.4 Å². The summed E-state index contributed by atoms with van der Waals surface area (Å²) in [6.07, 6.45) is 3.57. The van der Waals surface area contributed by atoms with Gasteiger partial charge >= 0.3 is 0 Å². The summed E-state index contributed by atoms with van der Waals surface area (Å²) in [6.45, 7) is 3.78. The summed E-state index contributed by atoms with van der Waals surface area (Å²) in [6, 6.07) is 2.38. The van der Waals surface area contributed by atoms with Crippen molar-refractivity contribution < 1.29 is 4.79 Å². The molecule has 2 aromatic heterocycles. The van der Waals surface area contributed by atoms with Gasteiger partial charge in [-0.2, -0.15) is 5.10 Å². The maximum atomic E-state index is 12.5. The highest BCUT2D eigenvalue weighted by Gasteiger charge is 2.28. The molecule has 0 saturated heterocycles. The van der Waals surface area contributed by atoms with Crippen molar-refractivity contribution in [1.29, 1.82) is 0 Å². The van der Waals surface area contributed by atoms with Gasteiger partial charge in [-0.05, 0) is 32.8 Å². The van der Waals surface area contributed by atoms with Crippen molar-refractivity contribution >= 4 is 29.0 Å². The number of rotatable bonds is 4. The minimum atomic E-state index is -0.557. The van der Waals surface area contributed by atoms with Gasteiger partial charge in [0, 0.05) is 23.0 Å². The van der Waals surface area contributed by atoms with E-state index in [9.17, 15) is 9.59 Å². The predicted molar refractivity (Wildman–Crippen MR) is 85.0 cm³/mol. The minimum Gasteiger partial charge on any atom is -0.345 e. The van der Waals surface area contributed by atoms with Crippen LogP contribution in [0, 0.1) is 13.8 Å². The van der Waals surface area contributed by atoms with Gasteiger partial charge in [0.25, 0.3) is 5.56 Å². The molecule has 0 spiro atoms. The minimum absolute atomic E-state index is 0.0854. The topological polar surface area (TPSA) is 56.9 Å². The van der Waals surface area contributed by atoms with Crippen molar-refractivity contribution in [2.75, 3.05) is 0 Å². The molecule has 2 aromatic rings. The van der Waals surface area contributed by atoms with Crippen LogP contribution in [-0.2, 0) is 6.54 Å². The van der Waals surface area contributed by atoms with Crippen LogP contribution in [0.15, 0.2) is 17.1 Å². The second-order valence-electron chi connectivity index (χ2n) is 5.58. The molecule has 0 aliphatic heterocycles. The van der Waals surface area contributed by atoms with E-state index in [1.807, 2.05) is 19.9 Å². The Labute approximate surface area is 137 Å². The van der Waals surface area contributed by atoms with Gasteiger partial charge in [-0.3, -0.25) is 9.59 Å². The van der Waals surface area contributed by atoms with Crippen LogP contribution in [0.4, 0.5) is 0 Å². The lowest BCUT2D eigenvalue weighted by atomic mass is 10.1. The molecule has 0 N–H and O–H groups in total. The molecule has 0 aromatic carbocycles. The summed E-state index contributed by atoms with van der Waals surface area (Å²) in [7, 11) is 0. The van der Waals surface area contributed by atoms with Gasteiger partial charge in [0.2, 0.25) is 0 Å². The van der Waals surface area contributed by atoms with Crippen molar-refractivity contribution in [1.82, 2.24) is 14.3 Å². The Morgan fingerprint density at radius 3 is 2.68 bits per heavy atom. The van der Waals surface area contributed by atoms with Crippen LogP contribution in [0.2, 0.25) is 10.0 Å². The normalized spacial score (nSPS) is 14.4. The smallest absolute Gasteiger partial charge is 0.287 e. The zero-order chi connectivity index (χ0) is 16.0. The van der Waals surface area contributed by atoms with Gasteiger partial charge in [-0.25, -0.2) is 4.68 Å². The summed E-state index contributed by atoms with van der Waals surface area (Å²) in [4.78, 5) is 24.5. The molecule has 3 rings (SSSR count). The lowest BCUT2D eigenvalue weighted by Gasteiger charge is -2.08. The summed E-state index contributed by atoms with van der Waals surface area (Å²) in [5.41, 5.74) is 2.08. The molecule has 1 fully saturated rings. The van der Waals surface area contributed by atoms with E-state index in [2.05, 4.69) is 9.67 Å². The molecule has 0 bridgehead atoms. The molecular weight excluding hydrogens is 325 g/mol. The fourth-order valence-electron chi connectivity index (χ4n) is 2.73. The number of carbonyl (C=O) groups is 1. The van der Waals surface area contributed by atoms with Gasteiger partial charge in [0.1, 0.15) is 11.6 Å². The number of hydrogen-bond donors (Lipinski definition) is 0. The number of aryl methyl sites for hydroxylation is 1. The van der Waals surface area contributed by atoms with Gasteiger partial charge < -0.3 is 4.57 Å². The van der Waals surface area contributed by atoms with Crippen molar-refractivity contribution in [3.05, 3.63) is 49.6 Å². The molecule has 2 heterocycles. The highest BCUT2D eigenvalue weighted by molar-refractivity contribution is 6.41. The number of aromatic nitrogens is 3. The van der Waals surface area contributed by atoms with Gasteiger partial charge in [0.15, 0.2) is 5.78 Å². The summed E-state index contributed by atoms with van der Waals surface area (Å²) < 4.78 is 3.23. The molecule has 22 heavy (non-hydrogen) atoms. The maximum Gasteiger partial charge on any atom is 0.287 e. The molecule has 1 aliphatic rings. The summed E-state index contributed by atoms with van der Waals surface area (Å²) in [5, 5.41) is 3.84. The van der Waals surface area contributed by atoms with E-state index >= 15 is 0 Å². The first-order valence-electron chi connectivity index (χ1n) is 7.03. The van der Waals surface area contributed by atoms with E-state index in [1.165, 1.54) is 6.20 Å². The lowest BCUT2D eigenvalue weighted by Crippen LogP contribution is -2.27. The molecule has 116 valence electrons. The highest BCUT2D eigenvalue weighted by atomic mass is 35.5. The predicted octanol–water partition coefficient (Wildman–Crippen LogP) is 3.19. The van der Waals surface area contributed by atoms with Crippen LogP contribution >= 0.6 is 23.2 Å². The van der Waals surface area contributed by atoms with Gasteiger partial charge in [-0.15, -0.1) is 0 Å². The molecule has 7 heteroatoms. The monoisotopic (exact) mass is 339 g/mol. The van der Waals surface area contributed by atoms with Crippen LogP contribution in [0.5, 0.6) is 0 Å². The fraction of sp³-hybridized carbons (Fsp3) is 0.400. The molecule has 1 aliphatic carbocycles. The zero-order valence-electron chi connectivity index (χ0n) is 12.3. The third-order valence-electron chi connectivity index (χ3n) is 3.93. The number of ketones is 1. The van der Waals surface area contributed by atoms with E-state index in [4.69, 9.17) is 23.2 Å². The number of carbonyl (C=O) groups excluding carboxylic acids is 1. The van der Waals surface area contributed by atoms with Crippen molar-refractivity contribution in [3.63, 3.8) is 0 Å². The molecule has 0 unspecified atom stereocenters. The maximum absolute atomic E-state index is 12.5. The second-order valence-corrected chi connectivity index (χ2v) is 6.36. The zero-order valence-corrected chi connectivity index (χ0v) is 13.8. The van der Waals surface area contributed by atoms with Crippen LogP contribution in [0.1, 0.15) is 40.6 Å². The Balaban J connectivity index is 1.91. The lowest BCUT2D eigenvalue weighted by molar-refractivity contribution is 0.0965. The van der Waals surface area contributed by atoms with E-state index in [0.717, 1.165) is 28.9 Å². The molecular formula is C15H15Cl2N3O2. The van der Waals surface area contributed by atoms with Crippen LogP contribution < -0.4 is 5.56 Å². The van der Waals surface area contributed by atoms with Gasteiger partial charge in [-0.1, -0.05) is 23.2 Å². The van der Waals surface area contributed by atoms with Crippen molar-refractivity contribution in [2.45, 2.75) is 39.3 Å². The molecule has 1 saturated carbocycles. The third kappa shape index (κ3) is 2.59. The van der Waals surface area contributed by atoms with E-state index in [0.29, 0.717) is 11.6 Å². The Kier molecular flexibility index (Phi) is 3.87. The number of hydrogen-bond acceptors (Lipinski definition) is 3. The summed E-state index contributed by atoms with van der Waals surface area (Å²) >= 11 is 11.5. The van der Waals surface area contributed by atoms with Crippen molar-refractivity contribution in [3.8, 4) is 0 Å². The fourth-order valence-corrected chi connectivity index (χ4v) is 3.00. The summed E-state index contributed by atoms with van der Waals surface area (Å²) in [5.74, 6) is -0.159. The SMILES string of the molecule is Cc1cc(C(=O)Cn2ncc(Cl)c(Cl)c2=O)c(C)n1C1CC1. The van der Waals surface area contributed by atoms with Gasteiger partial charge in [0.05, 0.1) is 11.2 Å². The average Bonchev–Trinajstić information content (AvgIpc) is 3.25.